The van der Waals surface area contributed by atoms with Gasteiger partial charge in [0, 0.05) is 17.0 Å². The number of hydrogen-bond donors (Lipinski definition) is 1. The quantitative estimate of drug-likeness (QED) is 0.777. The highest BCUT2D eigenvalue weighted by Crippen LogP contribution is 2.57. The molecule has 0 aromatic carbocycles. The predicted molar refractivity (Wildman–Crippen MR) is 91.4 cm³/mol. The molecule has 3 rings (SSSR count). The number of halogens is 1. The summed E-state index contributed by atoms with van der Waals surface area (Å²) < 4.78 is 1.27. The molecule has 1 heterocycles. The van der Waals surface area contributed by atoms with Gasteiger partial charge in [-0.05, 0) is 91.8 Å². The van der Waals surface area contributed by atoms with Gasteiger partial charge in [0.25, 0.3) is 0 Å². The van der Waals surface area contributed by atoms with Crippen molar-refractivity contribution in [3.63, 3.8) is 0 Å². The molecule has 1 aromatic rings. The molecular weight excluding hydrogens is 330 g/mol. The first-order chi connectivity index (χ1) is 9.36. The molecule has 3 unspecified atom stereocenters. The molecule has 2 fully saturated rings. The zero-order valence-electron chi connectivity index (χ0n) is 12.8. The van der Waals surface area contributed by atoms with Gasteiger partial charge < -0.3 is 5.32 Å². The molecule has 2 saturated carbocycles. The summed E-state index contributed by atoms with van der Waals surface area (Å²) >= 11 is 5.54. The minimum Gasteiger partial charge on any atom is -0.311 e. The Morgan fingerprint density at radius 1 is 1.35 bits per heavy atom. The van der Waals surface area contributed by atoms with Gasteiger partial charge in [-0.1, -0.05) is 6.42 Å². The summed E-state index contributed by atoms with van der Waals surface area (Å²) in [4.78, 5) is 1.56. The molecular formula is C17H26BrNS. The van der Waals surface area contributed by atoms with Crippen LogP contribution >= 0.6 is 27.3 Å². The minimum absolute atomic E-state index is 0.227. The first-order valence-electron chi connectivity index (χ1n) is 7.86. The topological polar surface area (TPSA) is 12.0 Å². The predicted octanol–water partition coefficient (Wildman–Crippen LogP) is 5.25. The van der Waals surface area contributed by atoms with Gasteiger partial charge >= 0.3 is 0 Å². The van der Waals surface area contributed by atoms with Crippen molar-refractivity contribution in [3.8, 4) is 0 Å². The van der Waals surface area contributed by atoms with Gasteiger partial charge in [-0.2, -0.15) is 0 Å². The molecule has 1 nitrogen and oxygen atoms in total. The van der Waals surface area contributed by atoms with Crippen molar-refractivity contribution in [2.24, 2.45) is 17.3 Å². The van der Waals surface area contributed by atoms with Crippen LogP contribution in [0.1, 0.15) is 51.3 Å². The minimum atomic E-state index is 0.227. The van der Waals surface area contributed by atoms with Crippen LogP contribution in [-0.2, 0) is 6.42 Å². The van der Waals surface area contributed by atoms with E-state index in [9.17, 15) is 0 Å². The lowest BCUT2D eigenvalue weighted by Gasteiger charge is -2.40. The van der Waals surface area contributed by atoms with E-state index in [-0.39, 0.29) is 5.54 Å². The molecule has 112 valence electrons. The smallest absolute Gasteiger partial charge is 0.0701 e. The van der Waals surface area contributed by atoms with Crippen LogP contribution in [0.15, 0.2) is 15.9 Å². The lowest BCUT2D eigenvalue weighted by Crippen LogP contribution is -2.47. The van der Waals surface area contributed by atoms with E-state index >= 15 is 0 Å². The number of fused-ring (bicyclic) bond motifs is 2. The number of hydrogen-bond acceptors (Lipinski definition) is 2. The summed E-state index contributed by atoms with van der Waals surface area (Å²) in [5, 5.41) is 3.81. The van der Waals surface area contributed by atoms with Gasteiger partial charge in [0.2, 0.25) is 0 Å². The van der Waals surface area contributed by atoms with E-state index in [1.165, 1.54) is 42.4 Å². The van der Waals surface area contributed by atoms with Crippen LogP contribution in [0.5, 0.6) is 0 Å². The van der Waals surface area contributed by atoms with Crippen molar-refractivity contribution in [3.05, 3.63) is 20.8 Å². The average molecular weight is 356 g/mol. The Morgan fingerprint density at radius 2 is 2.15 bits per heavy atom. The van der Waals surface area contributed by atoms with E-state index in [4.69, 9.17) is 0 Å². The van der Waals surface area contributed by atoms with Crippen molar-refractivity contribution in [1.82, 2.24) is 5.32 Å². The Balaban J connectivity index is 1.77. The molecule has 1 aromatic heterocycles. The van der Waals surface area contributed by atoms with Crippen molar-refractivity contribution in [1.29, 1.82) is 0 Å². The van der Waals surface area contributed by atoms with Crippen LogP contribution in [0.2, 0.25) is 0 Å². The van der Waals surface area contributed by atoms with Crippen LogP contribution in [0.25, 0.3) is 0 Å². The van der Waals surface area contributed by atoms with E-state index in [0.717, 1.165) is 11.8 Å². The SMILES string of the molecule is CC(C)(C)NCC1(Cc2ccc(Br)s2)CC2CCC1C2. The molecule has 0 amide bonds. The van der Waals surface area contributed by atoms with Gasteiger partial charge in [0.15, 0.2) is 0 Å². The molecule has 2 bridgehead atoms. The van der Waals surface area contributed by atoms with Crippen molar-refractivity contribution in [2.75, 3.05) is 6.54 Å². The fourth-order valence-corrected chi connectivity index (χ4v) is 5.93. The second-order valence-corrected chi connectivity index (χ2v) is 10.5. The lowest BCUT2D eigenvalue weighted by atomic mass is 9.70. The summed E-state index contributed by atoms with van der Waals surface area (Å²) in [6.45, 7) is 8.05. The molecule has 3 heteroatoms. The van der Waals surface area contributed by atoms with E-state index in [2.05, 4.69) is 54.2 Å². The normalized spacial score (nSPS) is 33.0. The fourth-order valence-electron chi connectivity index (χ4n) is 4.29. The summed E-state index contributed by atoms with van der Waals surface area (Å²) in [6, 6.07) is 4.53. The Morgan fingerprint density at radius 3 is 2.65 bits per heavy atom. The van der Waals surface area contributed by atoms with E-state index in [1.807, 2.05) is 11.3 Å². The van der Waals surface area contributed by atoms with Crippen molar-refractivity contribution in [2.45, 2.75) is 58.4 Å². The zero-order valence-corrected chi connectivity index (χ0v) is 15.2. The van der Waals surface area contributed by atoms with Gasteiger partial charge in [-0.15, -0.1) is 11.3 Å². The van der Waals surface area contributed by atoms with Crippen LogP contribution in [0, 0.1) is 17.3 Å². The Kier molecular flexibility index (Phi) is 4.07. The third-order valence-electron chi connectivity index (χ3n) is 5.23. The fraction of sp³-hybridized carbons (Fsp3) is 0.765. The Labute approximate surface area is 135 Å². The second kappa shape index (κ2) is 5.40. The molecule has 3 atom stereocenters. The second-order valence-electron chi connectivity index (χ2n) is 7.93. The molecule has 2 aliphatic rings. The van der Waals surface area contributed by atoms with Crippen molar-refractivity contribution < 1.29 is 0 Å². The van der Waals surface area contributed by atoms with E-state index in [0.29, 0.717) is 5.41 Å². The summed E-state index contributed by atoms with van der Waals surface area (Å²) in [5.74, 6) is 1.95. The van der Waals surface area contributed by atoms with Crippen molar-refractivity contribution >= 4 is 27.3 Å². The largest absolute Gasteiger partial charge is 0.311 e. The average Bonchev–Trinajstić information content (AvgIpc) is 3.02. The van der Waals surface area contributed by atoms with Gasteiger partial charge in [0.1, 0.15) is 0 Å². The molecule has 0 saturated heterocycles. The van der Waals surface area contributed by atoms with Crippen LogP contribution in [0.3, 0.4) is 0 Å². The lowest BCUT2D eigenvalue weighted by molar-refractivity contribution is 0.144. The maximum atomic E-state index is 3.81. The highest BCUT2D eigenvalue weighted by atomic mass is 79.9. The number of thiophene rings is 1. The molecule has 2 aliphatic carbocycles. The van der Waals surface area contributed by atoms with E-state index < -0.39 is 0 Å². The van der Waals surface area contributed by atoms with Gasteiger partial charge in [0.05, 0.1) is 3.79 Å². The standard InChI is InChI=1S/C17H26BrNS/c1-16(2,3)19-11-17(9-12-4-5-13(17)8-12)10-14-6-7-15(18)20-14/h6-7,12-13,19H,4-5,8-11H2,1-3H3. The number of rotatable bonds is 4. The maximum Gasteiger partial charge on any atom is 0.0701 e. The summed E-state index contributed by atoms with van der Waals surface area (Å²) in [5.41, 5.74) is 0.741. The molecule has 0 aliphatic heterocycles. The highest BCUT2D eigenvalue weighted by Gasteiger charge is 2.50. The van der Waals surface area contributed by atoms with Gasteiger partial charge in [-0.3, -0.25) is 0 Å². The molecule has 0 radical (unpaired) electrons. The monoisotopic (exact) mass is 355 g/mol. The third kappa shape index (κ3) is 3.15. The zero-order chi connectivity index (χ0) is 14.4. The first-order valence-corrected chi connectivity index (χ1v) is 9.47. The first kappa shape index (κ1) is 15.1. The summed E-state index contributed by atoms with van der Waals surface area (Å²) in [6.07, 6.45) is 7.14. The summed E-state index contributed by atoms with van der Waals surface area (Å²) in [7, 11) is 0. The van der Waals surface area contributed by atoms with Crippen LogP contribution < -0.4 is 5.32 Å². The third-order valence-corrected chi connectivity index (χ3v) is 6.85. The Hall–Kier alpha value is 0.140. The van der Waals surface area contributed by atoms with Gasteiger partial charge in [-0.25, -0.2) is 0 Å². The van der Waals surface area contributed by atoms with E-state index in [1.54, 1.807) is 4.88 Å². The van der Waals surface area contributed by atoms with Crippen LogP contribution in [-0.4, -0.2) is 12.1 Å². The molecule has 0 spiro atoms. The molecule has 20 heavy (non-hydrogen) atoms. The molecule has 1 N–H and O–H groups in total. The maximum absolute atomic E-state index is 3.81. The number of nitrogens with one attached hydrogen (secondary N) is 1. The van der Waals surface area contributed by atoms with Crippen LogP contribution in [0.4, 0.5) is 0 Å². The Bertz CT molecular complexity index is 476. The highest BCUT2D eigenvalue weighted by molar-refractivity contribution is 9.11.